The second-order valence-electron chi connectivity index (χ2n) is 16.4. The van der Waals surface area contributed by atoms with Gasteiger partial charge in [0.1, 0.15) is 0 Å². The first-order valence-corrected chi connectivity index (χ1v) is 21.3. The maximum absolute atomic E-state index is 4.96. The van der Waals surface area contributed by atoms with Crippen molar-refractivity contribution in [1.29, 1.82) is 0 Å². The topological polar surface area (TPSA) is 25.8 Å². The van der Waals surface area contributed by atoms with E-state index < -0.39 is 19.8 Å². The van der Waals surface area contributed by atoms with Crippen LogP contribution in [0.15, 0.2) is 53.9 Å². The zero-order valence-electron chi connectivity index (χ0n) is 27.1. The molecule has 0 aromatic carbocycles. The van der Waals surface area contributed by atoms with Gasteiger partial charge in [0.05, 0.1) is 0 Å². The summed E-state index contributed by atoms with van der Waals surface area (Å²) in [4.78, 5) is 9.90. The molecule has 3 heterocycles. The van der Waals surface area contributed by atoms with Crippen LogP contribution < -0.4 is 0 Å². The summed E-state index contributed by atoms with van der Waals surface area (Å²) in [5.41, 5.74) is 10.1. The molecule has 1 aromatic heterocycles. The van der Waals surface area contributed by atoms with Gasteiger partial charge in [-0.1, -0.05) is 7.43 Å². The third-order valence-electron chi connectivity index (χ3n) is 14.2. The zero-order valence-corrected chi connectivity index (χ0v) is 29.3. The third-order valence-corrected chi connectivity index (χ3v) is 23.9. The van der Waals surface area contributed by atoms with Crippen LogP contribution in [0.4, 0.5) is 0 Å². The van der Waals surface area contributed by atoms with E-state index in [0.29, 0.717) is 22.2 Å². The molecule has 3 saturated carbocycles. The minimum atomic E-state index is -1.19. The predicted molar refractivity (Wildman–Crippen MR) is 191 cm³/mol. The number of fused-ring (bicyclic) bond motifs is 6. The van der Waals surface area contributed by atoms with Gasteiger partial charge in [-0.15, -0.1) is 0 Å². The molecular weight excluding hydrogens is 635 g/mol. The molecule has 0 radical (unpaired) electrons. The third kappa shape index (κ3) is 3.94. The Labute approximate surface area is 270 Å². The van der Waals surface area contributed by atoms with Crippen molar-refractivity contribution in [2.75, 3.05) is 4.43 Å². The molecule has 8 rings (SSSR count). The normalized spacial score (nSPS) is 44.7. The zero-order chi connectivity index (χ0) is 29.3. The number of rotatable bonds is 6. The summed E-state index contributed by atoms with van der Waals surface area (Å²) in [7, 11) is 0. The van der Waals surface area contributed by atoms with Crippen LogP contribution in [-0.2, 0) is 6.42 Å². The Kier molecular flexibility index (Phi) is 7.17. The Bertz CT molecular complexity index is 1420. The number of nitrogens with zero attached hydrogens (tertiary/aromatic N) is 2. The molecule has 0 amide bonds. The molecule has 1 aromatic rings. The van der Waals surface area contributed by atoms with E-state index in [2.05, 4.69) is 66.6 Å². The summed E-state index contributed by atoms with van der Waals surface area (Å²) in [6.45, 7) is 24.2. The summed E-state index contributed by atoms with van der Waals surface area (Å²) in [5, 5.41) is 0. The quantitative estimate of drug-likeness (QED) is 0.219. The number of halogens is 1. The Balaban J connectivity index is 0.00000300. The monoisotopic (exact) mass is 692 g/mol. The molecule has 234 valence electrons. The summed E-state index contributed by atoms with van der Waals surface area (Å²) < 4.78 is 3.66. The number of hydrogen-bond donors (Lipinski definition) is 0. The van der Waals surface area contributed by atoms with Crippen LogP contribution in [-0.4, -0.2) is 22.2 Å². The van der Waals surface area contributed by atoms with E-state index in [1.807, 2.05) is 0 Å². The van der Waals surface area contributed by atoms with Crippen LogP contribution in [0.3, 0.4) is 0 Å². The number of hydrogen-bond acceptors (Lipinski definition) is 2. The van der Waals surface area contributed by atoms with Crippen molar-refractivity contribution in [3.63, 3.8) is 0 Å². The van der Waals surface area contributed by atoms with E-state index in [-0.39, 0.29) is 7.43 Å². The molecular formula is C40H57IN2. The number of alkyl halides is 3. The fourth-order valence-electron chi connectivity index (χ4n) is 12.2. The van der Waals surface area contributed by atoms with Gasteiger partial charge in [0.25, 0.3) is 0 Å². The predicted octanol–water partition coefficient (Wildman–Crippen LogP) is 10.7. The van der Waals surface area contributed by atoms with Crippen molar-refractivity contribution in [2.45, 2.75) is 115 Å². The van der Waals surface area contributed by atoms with E-state index >= 15 is 0 Å². The Morgan fingerprint density at radius 1 is 1.05 bits per heavy atom. The molecule has 1 spiro atoms. The Morgan fingerprint density at radius 2 is 1.79 bits per heavy atom. The maximum atomic E-state index is 4.96. The van der Waals surface area contributed by atoms with Crippen molar-refractivity contribution >= 4 is 25.4 Å². The molecule has 5 fully saturated rings. The van der Waals surface area contributed by atoms with Gasteiger partial charge in [-0.05, 0) is 0 Å². The standard InChI is InChI=1S/C39H53IN2.CH4/c1-9-29-23(4)15-26(16-24(29)5)17-28-10-11-33-37(28,7)13-12-34-38(8)25(6)30(36-41-20-27(21-42-36)14-22(2)3)18-31-35-32(19-40(33)34)39(31,35)38;/h18,20-22,26,28,31-35H,4,6,9-17,19H2,1-3,5,7-8H3;1H4. The second-order valence-corrected chi connectivity index (χ2v) is 22.8. The van der Waals surface area contributed by atoms with Crippen molar-refractivity contribution in [2.24, 2.45) is 51.8 Å². The molecule has 2 nitrogen and oxygen atoms in total. The van der Waals surface area contributed by atoms with Gasteiger partial charge in [-0.2, -0.15) is 0 Å². The van der Waals surface area contributed by atoms with Crippen LogP contribution in [0.1, 0.15) is 112 Å². The average molecular weight is 693 g/mol. The molecule has 2 saturated heterocycles. The number of aromatic nitrogens is 2. The SMILES string of the molecule is C.C=C1CC(CC2CCC3I4CC5C6C7C=C(c8ncc(CC(C)C)cn8)C(=C)C(C)(C4CCC23C)C756)CC(C)=C1CC. The minimum absolute atomic E-state index is 0. The van der Waals surface area contributed by atoms with E-state index in [4.69, 9.17) is 16.5 Å². The average Bonchev–Trinajstić information content (AvgIpc) is 3.78. The summed E-state index contributed by atoms with van der Waals surface area (Å²) >= 11 is -1.19. The van der Waals surface area contributed by atoms with E-state index in [1.54, 1.807) is 15.6 Å². The molecule has 43 heavy (non-hydrogen) atoms. The first kappa shape index (κ1) is 30.4. The molecule has 0 N–H and O–H groups in total. The summed E-state index contributed by atoms with van der Waals surface area (Å²) in [6, 6.07) is 0. The van der Waals surface area contributed by atoms with Gasteiger partial charge in [-0.25, -0.2) is 0 Å². The van der Waals surface area contributed by atoms with Crippen molar-refractivity contribution in [3.05, 3.63) is 65.3 Å². The molecule has 5 aliphatic carbocycles. The number of allylic oxidation sites excluding steroid dienone is 6. The molecule has 10 atom stereocenters. The van der Waals surface area contributed by atoms with Crippen LogP contribution in [0.5, 0.6) is 0 Å². The van der Waals surface area contributed by atoms with Crippen LogP contribution >= 0.6 is 19.8 Å². The first-order chi connectivity index (χ1) is 20.0. The summed E-state index contributed by atoms with van der Waals surface area (Å²) in [5.74, 6) is 6.08. The first-order valence-electron chi connectivity index (χ1n) is 17.3. The fraction of sp³-hybridized carbons (Fsp3) is 0.700. The van der Waals surface area contributed by atoms with Crippen molar-refractivity contribution < 1.29 is 0 Å². The summed E-state index contributed by atoms with van der Waals surface area (Å²) in [6.07, 6.45) is 19.0. The van der Waals surface area contributed by atoms with Gasteiger partial charge < -0.3 is 0 Å². The molecule has 7 aliphatic rings. The molecule has 2 aliphatic heterocycles. The van der Waals surface area contributed by atoms with Gasteiger partial charge in [0.2, 0.25) is 0 Å². The van der Waals surface area contributed by atoms with E-state index in [0.717, 1.165) is 56.1 Å². The fourth-order valence-corrected chi connectivity index (χ4v) is 24.3. The van der Waals surface area contributed by atoms with Gasteiger partial charge in [0.15, 0.2) is 0 Å². The van der Waals surface area contributed by atoms with Gasteiger partial charge in [-0.3, -0.25) is 0 Å². The Morgan fingerprint density at radius 3 is 2.47 bits per heavy atom. The van der Waals surface area contributed by atoms with Crippen molar-refractivity contribution in [1.82, 2.24) is 9.97 Å². The van der Waals surface area contributed by atoms with Crippen LogP contribution in [0, 0.1) is 51.8 Å². The van der Waals surface area contributed by atoms with Crippen LogP contribution in [0.2, 0.25) is 0 Å². The second kappa shape index (κ2) is 10.1. The van der Waals surface area contributed by atoms with E-state index in [9.17, 15) is 0 Å². The van der Waals surface area contributed by atoms with E-state index in [1.165, 1.54) is 67.2 Å². The molecule has 3 heteroatoms. The van der Waals surface area contributed by atoms with Gasteiger partial charge in [0, 0.05) is 0 Å². The van der Waals surface area contributed by atoms with Gasteiger partial charge >= 0.3 is 264 Å². The Hall–Kier alpha value is -1.23. The van der Waals surface area contributed by atoms with Crippen LogP contribution in [0.25, 0.3) is 5.57 Å². The molecule has 10 unspecified atom stereocenters. The molecule has 0 bridgehead atoms. The van der Waals surface area contributed by atoms with Crippen molar-refractivity contribution in [3.8, 4) is 0 Å².